The number of ether oxygens (including phenoxy) is 1. The van der Waals surface area contributed by atoms with Crippen LogP contribution in [0.15, 0.2) is 36.4 Å². The Bertz CT molecular complexity index is 1490. The van der Waals surface area contributed by atoms with Crippen LogP contribution in [0.1, 0.15) is 31.7 Å². The van der Waals surface area contributed by atoms with Crippen LogP contribution in [0.4, 0.5) is 10.2 Å². The highest BCUT2D eigenvalue weighted by Crippen LogP contribution is 2.43. The topological polar surface area (TPSA) is 70.5 Å². The summed E-state index contributed by atoms with van der Waals surface area (Å²) in [4.78, 5) is 11.3. The molecule has 36 heavy (non-hydrogen) atoms. The number of hydrogen-bond acceptors (Lipinski definition) is 6. The van der Waals surface area contributed by atoms with Crippen LogP contribution in [0, 0.1) is 5.82 Å². The van der Waals surface area contributed by atoms with Gasteiger partial charge in [-0.05, 0) is 65.8 Å². The molecule has 0 saturated carbocycles. The van der Waals surface area contributed by atoms with Gasteiger partial charge in [0.05, 0.1) is 12.1 Å². The highest BCUT2D eigenvalue weighted by atomic mass is 35.5. The third kappa shape index (κ3) is 3.82. The van der Waals surface area contributed by atoms with Crippen molar-refractivity contribution in [3.05, 3.63) is 52.8 Å². The lowest BCUT2D eigenvalue weighted by atomic mass is 9.92. The summed E-state index contributed by atoms with van der Waals surface area (Å²) in [5, 5.41) is 16.7. The van der Waals surface area contributed by atoms with E-state index in [4.69, 9.17) is 16.3 Å². The van der Waals surface area contributed by atoms with E-state index in [0.717, 1.165) is 48.7 Å². The van der Waals surface area contributed by atoms with Crippen molar-refractivity contribution in [1.29, 1.82) is 0 Å². The van der Waals surface area contributed by atoms with Crippen LogP contribution in [0.5, 0.6) is 11.8 Å². The van der Waals surface area contributed by atoms with Gasteiger partial charge in [0, 0.05) is 36.1 Å². The lowest BCUT2D eigenvalue weighted by Crippen LogP contribution is -2.35. The van der Waals surface area contributed by atoms with Crippen molar-refractivity contribution in [2.24, 2.45) is 0 Å². The monoisotopic (exact) mass is 506 g/mol. The largest absolute Gasteiger partial charge is 0.508 e. The molecule has 4 aromatic rings. The van der Waals surface area contributed by atoms with Gasteiger partial charge < -0.3 is 20.1 Å². The molecule has 3 heterocycles. The maximum absolute atomic E-state index is 16.5. The van der Waals surface area contributed by atoms with E-state index in [0.29, 0.717) is 28.9 Å². The number of phenolic OH excluding ortho intramolecular Hbond substituents is 1. The quantitative estimate of drug-likeness (QED) is 0.362. The van der Waals surface area contributed by atoms with Gasteiger partial charge in [0.25, 0.3) is 0 Å². The number of benzene rings is 3. The number of aromatic nitrogens is 2. The van der Waals surface area contributed by atoms with Crippen molar-refractivity contribution < 1.29 is 14.2 Å². The van der Waals surface area contributed by atoms with Crippen LogP contribution in [0.25, 0.3) is 32.8 Å². The van der Waals surface area contributed by atoms with Crippen LogP contribution in [-0.2, 0) is 6.42 Å². The molecule has 3 aromatic carbocycles. The Hall–Kier alpha value is -3.16. The number of fused-ring (bicyclic) bond motifs is 4. The summed E-state index contributed by atoms with van der Waals surface area (Å²) in [6, 6.07) is 11.9. The number of halogens is 2. The second-order valence-electron chi connectivity index (χ2n) is 9.71. The van der Waals surface area contributed by atoms with E-state index in [1.807, 2.05) is 18.2 Å². The summed E-state index contributed by atoms with van der Waals surface area (Å²) in [5.74, 6) is 0.134. The summed E-state index contributed by atoms with van der Waals surface area (Å²) in [5.41, 5.74) is 1.96. The summed E-state index contributed by atoms with van der Waals surface area (Å²) in [7, 11) is 1.49. The predicted octanol–water partition coefficient (Wildman–Crippen LogP) is 5.85. The van der Waals surface area contributed by atoms with Gasteiger partial charge in [-0.2, -0.15) is 9.97 Å². The molecule has 0 aliphatic carbocycles. The van der Waals surface area contributed by atoms with Gasteiger partial charge in [-0.25, -0.2) is 4.39 Å². The average Bonchev–Trinajstić information content (AvgIpc) is 3.21. The first-order chi connectivity index (χ1) is 17.5. The molecule has 2 fully saturated rings. The molecule has 2 N–H and O–H groups in total. The number of nitrogens with zero attached hydrogens (tertiary/aromatic N) is 3. The molecule has 0 amide bonds. The Kier molecular flexibility index (Phi) is 5.85. The van der Waals surface area contributed by atoms with E-state index in [9.17, 15) is 5.11 Å². The lowest BCUT2D eigenvalue weighted by Gasteiger charge is -2.27. The highest BCUT2D eigenvalue weighted by molar-refractivity contribution is 6.35. The van der Waals surface area contributed by atoms with Gasteiger partial charge in [0.1, 0.15) is 17.1 Å². The number of phenols is 1. The molecule has 0 spiro atoms. The van der Waals surface area contributed by atoms with E-state index in [1.54, 1.807) is 18.2 Å². The van der Waals surface area contributed by atoms with Gasteiger partial charge in [-0.3, -0.25) is 0 Å². The van der Waals surface area contributed by atoms with E-state index in [2.05, 4.69) is 27.1 Å². The molecule has 6 rings (SSSR count). The van der Waals surface area contributed by atoms with E-state index >= 15 is 4.39 Å². The maximum Gasteiger partial charge on any atom is 0.318 e. The molecular weight excluding hydrogens is 479 g/mol. The van der Waals surface area contributed by atoms with Crippen molar-refractivity contribution in [2.45, 2.75) is 44.7 Å². The molecule has 1 aromatic heterocycles. The predicted molar refractivity (Wildman–Crippen MR) is 142 cm³/mol. The zero-order valence-corrected chi connectivity index (χ0v) is 21.1. The third-order valence-electron chi connectivity index (χ3n) is 7.55. The van der Waals surface area contributed by atoms with Gasteiger partial charge in [0.15, 0.2) is 5.82 Å². The molecule has 0 radical (unpaired) electrons. The van der Waals surface area contributed by atoms with Crippen LogP contribution in [0.2, 0.25) is 5.02 Å². The third-order valence-corrected chi connectivity index (χ3v) is 7.84. The molecule has 8 heteroatoms. The molecule has 2 bridgehead atoms. The van der Waals surface area contributed by atoms with Crippen molar-refractivity contribution in [3.8, 4) is 22.9 Å². The van der Waals surface area contributed by atoms with Gasteiger partial charge in [-0.15, -0.1) is 0 Å². The molecule has 2 atom stereocenters. The Morgan fingerprint density at radius 3 is 2.81 bits per heavy atom. The standard InChI is InChI=1S/C28H28ClFN4O2/c1-3-15-5-4-6-16-11-19(35)12-20(23(15)16)24-22(29)13-21-26(25(24)30)32-28(36-2)33-27(21)34-10-9-17-7-8-18(14-34)31-17/h4-6,11-13,17-18,31,35H,3,7-10,14H2,1-2H3/t17?,18-/m0/s1. The summed E-state index contributed by atoms with van der Waals surface area (Å²) >= 11 is 6.83. The Balaban J connectivity index is 1.60. The van der Waals surface area contributed by atoms with Crippen molar-refractivity contribution in [1.82, 2.24) is 15.3 Å². The Morgan fingerprint density at radius 2 is 2.00 bits per heavy atom. The normalized spacial score (nSPS) is 19.7. The van der Waals surface area contributed by atoms with Crippen molar-refractivity contribution >= 4 is 39.1 Å². The number of nitrogens with one attached hydrogen (secondary N) is 1. The molecule has 2 saturated heterocycles. The van der Waals surface area contributed by atoms with Crippen molar-refractivity contribution in [2.75, 3.05) is 25.1 Å². The van der Waals surface area contributed by atoms with E-state index in [1.165, 1.54) is 13.5 Å². The number of methoxy groups -OCH3 is 1. The van der Waals surface area contributed by atoms with Crippen LogP contribution in [-0.4, -0.2) is 47.4 Å². The zero-order valence-electron chi connectivity index (χ0n) is 20.3. The summed E-state index contributed by atoms with van der Waals surface area (Å²) < 4.78 is 21.9. The minimum Gasteiger partial charge on any atom is -0.508 e. The fourth-order valence-corrected chi connectivity index (χ4v) is 6.15. The summed E-state index contributed by atoms with van der Waals surface area (Å²) in [6.07, 6.45) is 4.06. The van der Waals surface area contributed by atoms with Crippen molar-refractivity contribution in [3.63, 3.8) is 0 Å². The van der Waals surface area contributed by atoms with Gasteiger partial charge in [0.2, 0.25) is 0 Å². The van der Waals surface area contributed by atoms with E-state index < -0.39 is 5.82 Å². The van der Waals surface area contributed by atoms with Gasteiger partial charge in [-0.1, -0.05) is 36.7 Å². The minimum atomic E-state index is -0.549. The first-order valence-electron chi connectivity index (χ1n) is 12.5. The number of aryl methyl sites for hydroxylation is 1. The molecule has 6 nitrogen and oxygen atoms in total. The van der Waals surface area contributed by atoms with E-state index in [-0.39, 0.29) is 27.9 Å². The molecule has 1 unspecified atom stereocenters. The van der Waals surface area contributed by atoms with Crippen LogP contribution in [0.3, 0.4) is 0 Å². The zero-order chi connectivity index (χ0) is 25.0. The van der Waals surface area contributed by atoms with Crippen LogP contribution < -0.4 is 15.0 Å². The SMILES string of the molecule is CCc1cccc2cc(O)cc(-c3c(Cl)cc4c(N5CCC6CC[C@@H](C5)N6)nc(OC)nc4c3F)c12. The second-order valence-corrected chi connectivity index (χ2v) is 10.1. The Labute approximate surface area is 214 Å². The number of aromatic hydroxyl groups is 1. The first-order valence-corrected chi connectivity index (χ1v) is 12.8. The summed E-state index contributed by atoms with van der Waals surface area (Å²) in [6.45, 7) is 3.64. The maximum atomic E-state index is 16.5. The van der Waals surface area contributed by atoms with Gasteiger partial charge >= 0.3 is 6.01 Å². The fraction of sp³-hybridized carbons (Fsp3) is 0.357. The lowest BCUT2D eigenvalue weighted by molar-refractivity contribution is 0.381. The molecule has 2 aliphatic rings. The number of anilines is 1. The fourth-order valence-electron chi connectivity index (χ4n) is 5.86. The smallest absolute Gasteiger partial charge is 0.318 e. The highest BCUT2D eigenvalue weighted by Gasteiger charge is 2.31. The number of hydrogen-bond donors (Lipinski definition) is 2. The van der Waals surface area contributed by atoms with Crippen LogP contribution >= 0.6 is 11.6 Å². The second kappa shape index (κ2) is 9.05. The first kappa shape index (κ1) is 23.3. The molecule has 2 aliphatic heterocycles. The molecule has 186 valence electrons. The number of rotatable bonds is 4. The minimum absolute atomic E-state index is 0.0504. The molecular formula is C28H28ClFN4O2. The Morgan fingerprint density at radius 1 is 1.17 bits per heavy atom. The average molecular weight is 507 g/mol.